The molecule has 152 valence electrons. The van der Waals surface area contributed by atoms with Crippen molar-refractivity contribution in [3.63, 3.8) is 0 Å². The predicted octanol–water partition coefficient (Wildman–Crippen LogP) is 2.65. The first-order valence-corrected chi connectivity index (χ1v) is 10.3. The first-order valence-electron chi connectivity index (χ1n) is 10.3. The van der Waals surface area contributed by atoms with Gasteiger partial charge in [0.15, 0.2) is 11.7 Å². The summed E-state index contributed by atoms with van der Waals surface area (Å²) < 4.78 is 0. The third-order valence-corrected chi connectivity index (χ3v) is 5.54. The Kier molecular flexibility index (Phi) is 5.85. The standard InChI is InChI=1S/C22H29N7/c1-15-10-17(14-29(2)13-15)18-11-24-21(23)20(26-18)22-25-12-19(27-28-22)16-8-6-4-3-5-7-9-16/h3-4,7-9,11,15,17H,5-6,10,12-14H2,1-2H3,(H2,23,24)(H,25,28)/b4-3-,9-7-,16-8?. The van der Waals surface area contributed by atoms with Crippen molar-refractivity contribution in [3.05, 3.63) is 53.5 Å². The van der Waals surface area contributed by atoms with Crippen LogP contribution in [0.3, 0.4) is 0 Å². The van der Waals surface area contributed by atoms with Gasteiger partial charge in [-0.15, -0.1) is 5.10 Å². The largest absolute Gasteiger partial charge is 0.382 e. The summed E-state index contributed by atoms with van der Waals surface area (Å²) >= 11 is 0. The second-order valence-electron chi connectivity index (χ2n) is 8.14. The molecular weight excluding hydrogens is 362 g/mol. The minimum absolute atomic E-state index is 0.358. The number of anilines is 1. The van der Waals surface area contributed by atoms with Crippen LogP contribution in [-0.2, 0) is 0 Å². The minimum Gasteiger partial charge on any atom is -0.382 e. The van der Waals surface area contributed by atoms with Crippen LogP contribution in [0.1, 0.15) is 43.5 Å². The van der Waals surface area contributed by atoms with Gasteiger partial charge in [0.25, 0.3) is 0 Å². The van der Waals surface area contributed by atoms with E-state index in [2.05, 4.69) is 69.8 Å². The maximum absolute atomic E-state index is 6.14. The molecule has 1 aromatic rings. The molecule has 29 heavy (non-hydrogen) atoms. The maximum Gasteiger partial charge on any atom is 0.178 e. The van der Waals surface area contributed by atoms with Crippen molar-refractivity contribution in [1.82, 2.24) is 20.2 Å². The molecule has 0 saturated carbocycles. The Morgan fingerprint density at radius 3 is 2.79 bits per heavy atom. The maximum atomic E-state index is 6.14. The molecule has 0 aromatic carbocycles. The van der Waals surface area contributed by atoms with Crippen LogP contribution >= 0.6 is 0 Å². The second-order valence-corrected chi connectivity index (χ2v) is 8.14. The van der Waals surface area contributed by atoms with Crippen LogP contribution in [-0.4, -0.2) is 53.1 Å². The summed E-state index contributed by atoms with van der Waals surface area (Å²) in [6.45, 7) is 4.98. The molecule has 0 radical (unpaired) electrons. The topological polar surface area (TPSA) is 91.8 Å². The molecule has 0 bridgehead atoms. The molecule has 1 saturated heterocycles. The summed E-state index contributed by atoms with van der Waals surface area (Å²) in [7, 11) is 2.16. The third-order valence-electron chi connectivity index (χ3n) is 5.54. The number of amidine groups is 1. The molecule has 4 rings (SSSR count). The number of nitrogen functional groups attached to an aromatic ring is 1. The summed E-state index contributed by atoms with van der Waals surface area (Å²) in [6, 6.07) is 0. The summed E-state index contributed by atoms with van der Waals surface area (Å²) in [5.41, 5.74) is 9.74. The van der Waals surface area contributed by atoms with E-state index in [1.54, 1.807) is 0 Å². The molecule has 1 aromatic heterocycles. The highest BCUT2D eigenvalue weighted by molar-refractivity contribution is 6.10. The Bertz CT molecular complexity index is 900. The zero-order valence-corrected chi connectivity index (χ0v) is 17.2. The van der Waals surface area contributed by atoms with Crippen LogP contribution in [0.4, 0.5) is 5.82 Å². The quantitative estimate of drug-likeness (QED) is 0.773. The molecule has 3 aliphatic rings. The fraction of sp³-hybridized carbons (Fsp3) is 0.455. The molecule has 2 atom stereocenters. The van der Waals surface area contributed by atoms with Crippen molar-refractivity contribution < 1.29 is 0 Å². The number of nitrogens with zero attached hydrogens (tertiary/aromatic N) is 5. The van der Waals surface area contributed by atoms with Gasteiger partial charge in [-0.2, -0.15) is 5.10 Å². The zero-order valence-electron chi connectivity index (χ0n) is 17.2. The normalized spacial score (nSPS) is 27.6. The fourth-order valence-electron chi connectivity index (χ4n) is 4.20. The molecule has 1 aliphatic carbocycles. The summed E-state index contributed by atoms with van der Waals surface area (Å²) in [6.07, 6.45) is 15.5. The first kappa shape index (κ1) is 19.5. The van der Waals surface area contributed by atoms with E-state index in [1.807, 2.05) is 6.20 Å². The highest BCUT2D eigenvalue weighted by Gasteiger charge is 2.26. The van der Waals surface area contributed by atoms with Crippen molar-refractivity contribution in [2.45, 2.75) is 32.1 Å². The highest BCUT2D eigenvalue weighted by Crippen LogP contribution is 2.28. The smallest absolute Gasteiger partial charge is 0.178 e. The predicted molar refractivity (Wildman–Crippen MR) is 118 cm³/mol. The van der Waals surface area contributed by atoms with Crippen LogP contribution in [0.15, 0.2) is 52.4 Å². The summed E-state index contributed by atoms with van der Waals surface area (Å²) in [5, 5.41) is 12.2. The van der Waals surface area contributed by atoms with E-state index in [9.17, 15) is 0 Å². The van der Waals surface area contributed by atoms with Crippen LogP contribution in [0, 0.1) is 5.92 Å². The number of hydrogen-bond donors (Lipinski definition) is 2. The highest BCUT2D eigenvalue weighted by atomic mass is 15.3. The lowest BCUT2D eigenvalue weighted by atomic mass is 9.88. The van der Waals surface area contributed by atoms with Gasteiger partial charge in [-0.05, 0) is 37.8 Å². The van der Waals surface area contributed by atoms with E-state index >= 15 is 0 Å². The van der Waals surface area contributed by atoms with Crippen molar-refractivity contribution in [3.8, 4) is 0 Å². The van der Waals surface area contributed by atoms with E-state index in [-0.39, 0.29) is 0 Å². The number of nitrogens with one attached hydrogen (secondary N) is 1. The average Bonchev–Trinajstić information content (AvgIpc) is 2.68. The Hall–Kier alpha value is -2.80. The van der Waals surface area contributed by atoms with Gasteiger partial charge in [-0.1, -0.05) is 37.3 Å². The van der Waals surface area contributed by atoms with Crippen molar-refractivity contribution >= 4 is 17.4 Å². The van der Waals surface area contributed by atoms with Gasteiger partial charge >= 0.3 is 0 Å². The number of likely N-dealkylation sites (tertiary alicyclic amines) is 1. The van der Waals surface area contributed by atoms with E-state index in [1.165, 1.54) is 0 Å². The number of aromatic nitrogens is 2. The molecule has 3 N–H and O–H groups in total. The Balaban J connectivity index is 1.58. The molecule has 0 amide bonds. The Morgan fingerprint density at radius 1 is 1.14 bits per heavy atom. The lowest BCUT2D eigenvalue weighted by Gasteiger charge is -2.33. The molecule has 7 nitrogen and oxygen atoms in total. The van der Waals surface area contributed by atoms with Gasteiger partial charge in [0.1, 0.15) is 5.69 Å². The van der Waals surface area contributed by atoms with E-state index in [0.717, 1.165) is 49.3 Å². The molecule has 2 aliphatic heterocycles. The molecule has 0 spiro atoms. The Morgan fingerprint density at radius 2 is 2.00 bits per heavy atom. The van der Waals surface area contributed by atoms with Gasteiger partial charge < -0.3 is 16.0 Å². The second kappa shape index (κ2) is 8.69. The lowest BCUT2D eigenvalue weighted by Crippen LogP contribution is -2.37. The fourth-order valence-corrected chi connectivity index (χ4v) is 4.20. The van der Waals surface area contributed by atoms with Gasteiger partial charge in [-0.25, -0.2) is 9.97 Å². The number of nitrogens with two attached hydrogens (primary N) is 1. The monoisotopic (exact) mass is 391 g/mol. The Labute approximate surface area is 172 Å². The molecule has 7 heteroatoms. The van der Waals surface area contributed by atoms with Crippen molar-refractivity contribution in [2.24, 2.45) is 16.1 Å². The van der Waals surface area contributed by atoms with E-state index < -0.39 is 0 Å². The van der Waals surface area contributed by atoms with Crippen LogP contribution in [0.2, 0.25) is 0 Å². The number of hydrogen-bond acceptors (Lipinski definition) is 7. The molecule has 2 unspecified atom stereocenters. The van der Waals surface area contributed by atoms with Crippen LogP contribution in [0.25, 0.3) is 0 Å². The number of likely N-dealkylation sites (N-methyl/N-ethyl adjacent to an activating group) is 1. The summed E-state index contributed by atoms with van der Waals surface area (Å²) in [4.78, 5) is 11.6. The SMILES string of the molecule is CC1CC(c2cnc(N)c(C3=NN=C(C4=CC/C=C\C/C=C\4)CN3)n2)CN(C)C1. The summed E-state index contributed by atoms with van der Waals surface area (Å²) in [5.74, 6) is 1.97. The van der Waals surface area contributed by atoms with Gasteiger partial charge in [0.05, 0.1) is 24.1 Å². The minimum atomic E-state index is 0.358. The van der Waals surface area contributed by atoms with Crippen LogP contribution in [0.5, 0.6) is 0 Å². The van der Waals surface area contributed by atoms with E-state index in [0.29, 0.717) is 35.7 Å². The van der Waals surface area contributed by atoms with Crippen molar-refractivity contribution in [1.29, 1.82) is 0 Å². The number of allylic oxidation sites excluding steroid dienone is 5. The third kappa shape index (κ3) is 4.62. The average molecular weight is 392 g/mol. The van der Waals surface area contributed by atoms with Crippen molar-refractivity contribution in [2.75, 3.05) is 32.4 Å². The molecule has 3 heterocycles. The lowest BCUT2D eigenvalue weighted by molar-refractivity contribution is 0.195. The molecular formula is C22H29N7. The number of rotatable bonds is 3. The van der Waals surface area contributed by atoms with Gasteiger partial charge in [0.2, 0.25) is 0 Å². The van der Waals surface area contributed by atoms with Crippen LogP contribution < -0.4 is 11.1 Å². The first-order chi connectivity index (χ1) is 14.1. The van der Waals surface area contributed by atoms with Gasteiger partial charge in [-0.3, -0.25) is 0 Å². The van der Waals surface area contributed by atoms with E-state index in [4.69, 9.17) is 10.7 Å². The molecule has 1 fully saturated rings. The number of piperidine rings is 1. The van der Waals surface area contributed by atoms with Gasteiger partial charge in [0, 0.05) is 19.0 Å². The zero-order chi connectivity index (χ0) is 20.2.